The van der Waals surface area contributed by atoms with Crippen molar-refractivity contribution in [2.75, 3.05) is 13.1 Å². The van der Waals surface area contributed by atoms with Crippen LogP contribution in [-0.4, -0.2) is 38.4 Å². The molecule has 1 rings (SSSR count). The first-order valence-electron chi connectivity index (χ1n) is 6.48. The van der Waals surface area contributed by atoms with Gasteiger partial charge in [-0.1, -0.05) is 0 Å². The van der Waals surface area contributed by atoms with E-state index in [1.807, 2.05) is 13.8 Å². The lowest BCUT2D eigenvalue weighted by atomic mass is 10.3. The molecular formula is C13H19FN2O4S. The monoisotopic (exact) mass is 318 g/mol. The van der Waals surface area contributed by atoms with Crippen LogP contribution in [0.1, 0.15) is 20.8 Å². The summed E-state index contributed by atoms with van der Waals surface area (Å²) >= 11 is 0. The molecule has 0 fully saturated rings. The van der Waals surface area contributed by atoms with Gasteiger partial charge >= 0.3 is 0 Å². The Morgan fingerprint density at radius 3 is 2.38 bits per heavy atom. The first-order valence-corrected chi connectivity index (χ1v) is 8.03. The SMILES string of the molecule is CCN(CC)C(=O)C(C)Oc1ccc(S(N)(=O)=O)cc1F. The molecule has 0 spiro atoms. The molecule has 8 heteroatoms. The Labute approximate surface area is 123 Å². The Hall–Kier alpha value is -1.67. The molecule has 1 aromatic rings. The third-order valence-electron chi connectivity index (χ3n) is 2.96. The van der Waals surface area contributed by atoms with E-state index in [9.17, 15) is 17.6 Å². The van der Waals surface area contributed by atoms with E-state index in [2.05, 4.69) is 0 Å². The van der Waals surface area contributed by atoms with Crippen molar-refractivity contribution in [1.29, 1.82) is 0 Å². The van der Waals surface area contributed by atoms with E-state index in [0.717, 1.165) is 18.2 Å². The summed E-state index contributed by atoms with van der Waals surface area (Å²) < 4.78 is 41.3. The van der Waals surface area contributed by atoms with Crippen LogP contribution in [0.4, 0.5) is 4.39 Å². The van der Waals surface area contributed by atoms with Gasteiger partial charge in [-0.25, -0.2) is 17.9 Å². The Morgan fingerprint density at radius 1 is 1.38 bits per heavy atom. The van der Waals surface area contributed by atoms with Crippen molar-refractivity contribution < 1.29 is 22.3 Å². The van der Waals surface area contributed by atoms with Gasteiger partial charge in [0.1, 0.15) is 0 Å². The number of sulfonamides is 1. The largest absolute Gasteiger partial charge is 0.478 e. The normalized spacial score (nSPS) is 12.8. The number of carbonyl (C=O) groups excluding carboxylic acids is 1. The number of likely N-dealkylation sites (N-methyl/N-ethyl adjacent to an activating group) is 1. The summed E-state index contributed by atoms with van der Waals surface area (Å²) in [5.41, 5.74) is 0. The summed E-state index contributed by atoms with van der Waals surface area (Å²) in [6, 6.07) is 3.03. The molecule has 0 aliphatic heterocycles. The van der Waals surface area contributed by atoms with Crippen LogP contribution in [0.25, 0.3) is 0 Å². The number of hydrogen-bond acceptors (Lipinski definition) is 4. The second-order valence-electron chi connectivity index (χ2n) is 4.41. The molecule has 1 amide bonds. The molecule has 2 N–H and O–H groups in total. The minimum Gasteiger partial charge on any atom is -0.478 e. The van der Waals surface area contributed by atoms with Crippen molar-refractivity contribution >= 4 is 15.9 Å². The van der Waals surface area contributed by atoms with Gasteiger partial charge in [0.15, 0.2) is 17.7 Å². The number of primary sulfonamides is 1. The van der Waals surface area contributed by atoms with Gasteiger partial charge in [-0.3, -0.25) is 4.79 Å². The Morgan fingerprint density at radius 2 is 1.95 bits per heavy atom. The number of amides is 1. The summed E-state index contributed by atoms with van der Waals surface area (Å²) in [6.07, 6.45) is -0.875. The first-order chi connectivity index (χ1) is 9.70. The number of hydrogen-bond donors (Lipinski definition) is 1. The van der Waals surface area contributed by atoms with E-state index in [4.69, 9.17) is 9.88 Å². The minimum atomic E-state index is -3.98. The maximum absolute atomic E-state index is 13.8. The van der Waals surface area contributed by atoms with Crippen LogP contribution in [0.5, 0.6) is 5.75 Å². The lowest BCUT2D eigenvalue weighted by molar-refractivity contribution is -0.137. The number of nitrogens with two attached hydrogens (primary N) is 1. The van der Waals surface area contributed by atoms with Crippen molar-refractivity contribution in [1.82, 2.24) is 4.90 Å². The van der Waals surface area contributed by atoms with Gasteiger partial charge in [-0.2, -0.15) is 0 Å². The van der Waals surface area contributed by atoms with Crippen LogP contribution in [0.2, 0.25) is 0 Å². The van der Waals surface area contributed by atoms with Crippen LogP contribution in [-0.2, 0) is 14.8 Å². The Bertz CT molecular complexity index is 615. The van der Waals surface area contributed by atoms with Gasteiger partial charge in [0, 0.05) is 13.1 Å². The Kier molecular flexibility index (Phi) is 5.68. The van der Waals surface area contributed by atoms with Crippen LogP contribution < -0.4 is 9.88 Å². The van der Waals surface area contributed by atoms with Gasteiger partial charge in [0.25, 0.3) is 5.91 Å². The molecule has 118 valence electrons. The molecular weight excluding hydrogens is 299 g/mol. The third kappa shape index (κ3) is 4.40. The minimum absolute atomic E-state index is 0.199. The predicted molar refractivity (Wildman–Crippen MR) is 75.8 cm³/mol. The van der Waals surface area contributed by atoms with Crippen molar-refractivity contribution in [3.05, 3.63) is 24.0 Å². The van der Waals surface area contributed by atoms with Gasteiger partial charge in [-0.15, -0.1) is 0 Å². The smallest absolute Gasteiger partial charge is 0.263 e. The second kappa shape index (κ2) is 6.86. The third-order valence-corrected chi connectivity index (χ3v) is 3.87. The van der Waals surface area contributed by atoms with E-state index in [1.54, 1.807) is 4.90 Å². The first kappa shape index (κ1) is 17.4. The zero-order valence-electron chi connectivity index (χ0n) is 12.2. The summed E-state index contributed by atoms with van der Waals surface area (Å²) in [5.74, 6) is -1.36. The molecule has 1 atom stereocenters. The number of rotatable bonds is 6. The molecule has 0 saturated heterocycles. The highest BCUT2D eigenvalue weighted by atomic mass is 32.2. The number of ether oxygens (including phenoxy) is 1. The van der Waals surface area contributed by atoms with Gasteiger partial charge in [-0.05, 0) is 39.0 Å². The van der Waals surface area contributed by atoms with Crippen molar-refractivity contribution in [2.45, 2.75) is 31.8 Å². The van der Waals surface area contributed by atoms with Gasteiger partial charge in [0.05, 0.1) is 4.90 Å². The summed E-state index contributed by atoms with van der Waals surface area (Å²) in [6.45, 7) is 6.21. The van der Waals surface area contributed by atoms with Crippen LogP contribution in [0, 0.1) is 5.82 Å². The fraction of sp³-hybridized carbons (Fsp3) is 0.462. The van der Waals surface area contributed by atoms with Gasteiger partial charge in [0.2, 0.25) is 10.0 Å². The molecule has 21 heavy (non-hydrogen) atoms. The summed E-state index contributed by atoms with van der Waals surface area (Å²) in [5, 5.41) is 4.90. The quantitative estimate of drug-likeness (QED) is 0.851. The topological polar surface area (TPSA) is 89.7 Å². The second-order valence-corrected chi connectivity index (χ2v) is 5.97. The number of halogens is 1. The highest BCUT2D eigenvalue weighted by molar-refractivity contribution is 7.89. The fourth-order valence-electron chi connectivity index (χ4n) is 1.79. The molecule has 0 radical (unpaired) electrons. The van der Waals surface area contributed by atoms with Crippen LogP contribution in [0.15, 0.2) is 23.1 Å². The van der Waals surface area contributed by atoms with Crippen LogP contribution >= 0.6 is 0 Å². The number of benzene rings is 1. The van der Waals surface area contributed by atoms with Crippen LogP contribution in [0.3, 0.4) is 0 Å². The summed E-state index contributed by atoms with van der Waals surface area (Å²) in [4.78, 5) is 13.2. The highest BCUT2D eigenvalue weighted by Gasteiger charge is 2.21. The average molecular weight is 318 g/mol. The van der Waals surface area contributed by atoms with Crippen molar-refractivity contribution in [3.8, 4) is 5.75 Å². The maximum atomic E-state index is 13.8. The van der Waals surface area contributed by atoms with Crippen molar-refractivity contribution in [3.63, 3.8) is 0 Å². The van der Waals surface area contributed by atoms with E-state index in [-0.39, 0.29) is 16.6 Å². The van der Waals surface area contributed by atoms with E-state index >= 15 is 0 Å². The predicted octanol–water partition coefficient (Wildman–Crippen LogP) is 1.11. The maximum Gasteiger partial charge on any atom is 0.263 e. The fourth-order valence-corrected chi connectivity index (χ4v) is 2.31. The number of nitrogens with zero attached hydrogens (tertiary/aromatic N) is 1. The summed E-state index contributed by atoms with van der Waals surface area (Å²) in [7, 11) is -3.98. The average Bonchev–Trinajstić information content (AvgIpc) is 2.41. The molecule has 0 aliphatic rings. The molecule has 0 aliphatic carbocycles. The molecule has 0 heterocycles. The zero-order chi connectivity index (χ0) is 16.2. The molecule has 0 bridgehead atoms. The standard InChI is InChI=1S/C13H19FN2O4S/c1-4-16(5-2)13(17)9(3)20-12-7-6-10(8-11(12)14)21(15,18)19/h6-9H,4-5H2,1-3H3,(H2,15,18,19). The molecule has 1 aromatic carbocycles. The number of carbonyl (C=O) groups is 1. The molecule has 0 aromatic heterocycles. The highest BCUT2D eigenvalue weighted by Crippen LogP contribution is 2.21. The van der Waals surface area contributed by atoms with E-state index in [1.165, 1.54) is 6.92 Å². The molecule has 0 saturated carbocycles. The Balaban J connectivity index is 2.91. The molecule has 1 unspecified atom stereocenters. The van der Waals surface area contributed by atoms with E-state index in [0.29, 0.717) is 13.1 Å². The molecule has 6 nitrogen and oxygen atoms in total. The van der Waals surface area contributed by atoms with E-state index < -0.39 is 21.9 Å². The lowest BCUT2D eigenvalue weighted by Crippen LogP contribution is -2.40. The van der Waals surface area contributed by atoms with Crippen molar-refractivity contribution in [2.24, 2.45) is 5.14 Å². The van der Waals surface area contributed by atoms with Gasteiger partial charge < -0.3 is 9.64 Å². The zero-order valence-corrected chi connectivity index (χ0v) is 13.0. The lowest BCUT2D eigenvalue weighted by Gasteiger charge is -2.23.